The molecule has 1 rings (SSSR count). The summed E-state index contributed by atoms with van der Waals surface area (Å²) in [6, 6.07) is -0.0677. The van der Waals surface area contributed by atoms with Gasteiger partial charge in [0.15, 0.2) is 0 Å². The summed E-state index contributed by atoms with van der Waals surface area (Å²) >= 11 is 0. The van der Waals surface area contributed by atoms with Crippen molar-refractivity contribution in [3.8, 4) is 0 Å². The van der Waals surface area contributed by atoms with Crippen LogP contribution in [0.3, 0.4) is 0 Å². The lowest BCUT2D eigenvalue weighted by Crippen LogP contribution is -2.47. The third-order valence-corrected chi connectivity index (χ3v) is 4.95. The van der Waals surface area contributed by atoms with Crippen molar-refractivity contribution >= 4 is 10.2 Å². The molecule has 2 unspecified atom stereocenters. The Hall–Kier alpha value is -0.170. The summed E-state index contributed by atoms with van der Waals surface area (Å²) in [5, 5.41) is 9.51. The Morgan fingerprint density at radius 3 is 2.72 bits per heavy atom. The van der Waals surface area contributed by atoms with Crippen LogP contribution in [0.1, 0.15) is 52.4 Å². The van der Waals surface area contributed by atoms with Gasteiger partial charge in [-0.3, -0.25) is 0 Å². The van der Waals surface area contributed by atoms with Gasteiger partial charge in [0, 0.05) is 19.1 Å². The fourth-order valence-electron chi connectivity index (χ4n) is 2.41. The molecule has 5 nitrogen and oxygen atoms in total. The molecule has 0 spiro atoms. The fraction of sp³-hybridized carbons (Fsp3) is 1.00. The van der Waals surface area contributed by atoms with Crippen molar-refractivity contribution in [2.75, 3.05) is 13.1 Å². The molecule has 0 aromatic carbocycles. The molecule has 108 valence electrons. The largest absolute Gasteiger partial charge is 0.393 e. The number of rotatable bonds is 6. The van der Waals surface area contributed by atoms with Crippen LogP contribution in [0.4, 0.5) is 0 Å². The molecule has 0 aromatic rings. The molecule has 0 radical (unpaired) electrons. The molecule has 1 aliphatic heterocycles. The smallest absolute Gasteiger partial charge is 0.279 e. The van der Waals surface area contributed by atoms with E-state index in [4.69, 9.17) is 0 Å². The lowest BCUT2D eigenvalue weighted by atomic mass is 10.1. The van der Waals surface area contributed by atoms with Gasteiger partial charge in [0.25, 0.3) is 10.2 Å². The lowest BCUT2D eigenvalue weighted by molar-refractivity contribution is 0.146. The van der Waals surface area contributed by atoms with Crippen LogP contribution < -0.4 is 4.72 Å². The normalized spacial score (nSPS) is 24.7. The minimum Gasteiger partial charge on any atom is -0.393 e. The van der Waals surface area contributed by atoms with E-state index in [1.165, 1.54) is 0 Å². The number of nitrogens with one attached hydrogen (secondary N) is 1. The van der Waals surface area contributed by atoms with Crippen LogP contribution in [0.5, 0.6) is 0 Å². The summed E-state index contributed by atoms with van der Waals surface area (Å²) in [5.41, 5.74) is 0. The SMILES string of the molecule is CCCNS(=O)(=O)N1CCCCCC1CC(C)O. The molecule has 0 amide bonds. The lowest BCUT2D eigenvalue weighted by Gasteiger charge is -2.29. The third kappa shape index (κ3) is 4.84. The molecule has 18 heavy (non-hydrogen) atoms. The molecule has 6 heteroatoms. The van der Waals surface area contributed by atoms with Crippen LogP contribution in [0.2, 0.25) is 0 Å². The minimum atomic E-state index is -3.39. The predicted molar refractivity (Wildman–Crippen MR) is 72.5 cm³/mol. The highest BCUT2D eigenvalue weighted by atomic mass is 32.2. The molecular formula is C12H26N2O3S. The molecule has 1 fully saturated rings. The summed E-state index contributed by atoms with van der Waals surface area (Å²) in [4.78, 5) is 0. The summed E-state index contributed by atoms with van der Waals surface area (Å²) in [7, 11) is -3.39. The van der Waals surface area contributed by atoms with Crippen LogP contribution in [0.25, 0.3) is 0 Å². The minimum absolute atomic E-state index is 0.0677. The van der Waals surface area contributed by atoms with Gasteiger partial charge in [0.2, 0.25) is 0 Å². The molecule has 2 atom stereocenters. The first-order valence-electron chi connectivity index (χ1n) is 6.92. The zero-order valence-corrected chi connectivity index (χ0v) is 12.2. The van der Waals surface area contributed by atoms with Crippen molar-refractivity contribution in [3.05, 3.63) is 0 Å². The Morgan fingerprint density at radius 1 is 1.39 bits per heavy atom. The zero-order valence-electron chi connectivity index (χ0n) is 11.4. The van der Waals surface area contributed by atoms with Crippen molar-refractivity contribution in [1.29, 1.82) is 0 Å². The first-order chi connectivity index (χ1) is 8.47. The molecule has 0 saturated carbocycles. The van der Waals surface area contributed by atoms with Crippen molar-refractivity contribution in [2.24, 2.45) is 0 Å². The van der Waals surface area contributed by atoms with Crippen molar-refractivity contribution < 1.29 is 13.5 Å². The Kier molecular flexibility index (Phi) is 6.55. The van der Waals surface area contributed by atoms with Crippen LogP contribution in [0, 0.1) is 0 Å². The van der Waals surface area contributed by atoms with E-state index >= 15 is 0 Å². The summed E-state index contributed by atoms with van der Waals surface area (Å²) in [5.74, 6) is 0. The van der Waals surface area contributed by atoms with E-state index in [-0.39, 0.29) is 6.04 Å². The van der Waals surface area contributed by atoms with Crippen molar-refractivity contribution in [3.63, 3.8) is 0 Å². The topological polar surface area (TPSA) is 69.6 Å². The summed E-state index contributed by atoms with van der Waals surface area (Å²) < 4.78 is 28.6. The van der Waals surface area contributed by atoms with E-state index in [1.54, 1.807) is 11.2 Å². The average Bonchev–Trinajstić information content (AvgIpc) is 2.51. The van der Waals surface area contributed by atoms with Crippen molar-refractivity contribution in [1.82, 2.24) is 9.03 Å². The second-order valence-corrected chi connectivity index (χ2v) is 6.81. The van der Waals surface area contributed by atoms with Gasteiger partial charge in [-0.15, -0.1) is 0 Å². The van der Waals surface area contributed by atoms with Gasteiger partial charge < -0.3 is 5.11 Å². The van der Waals surface area contributed by atoms with E-state index in [0.29, 0.717) is 19.5 Å². The highest BCUT2D eigenvalue weighted by Crippen LogP contribution is 2.22. The number of hydrogen-bond acceptors (Lipinski definition) is 3. The van der Waals surface area contributed by atoms with E-state index < -0.39 is 16.3 Å². The van der Waals surface area contributed by atoms with Gasteiger partial charge in [0.05, 0.1) is 6.10 Å². The van der Waals surface area contributed by atoms with E-state index in [2.05, 4.69) is 4.72 Å². The van der Waals surface area contributed by atoms with Gasteiger partial charge in [0.1, 0.15) is 0 Å². The number of nitrogens with zero attached hydrogens (tertiary/aromatic N) is 1. The monoisotopic (exact) mass is 278 g/mol. The van der Waals surface area contributed by atoms with E-state index in [9.17, 15) is 13.5 Å². The summed E-state index contributed by atoms with van der Waals surface area (Å²) in [6.07, 6.45) is 4.70. The Labute approximate surface area is 111 Å². The first-order valence-corrected chi connectivity index (χ1v) is 8.36. The maximum Gasteiger partial charge on any atom is 0.279 e. The molecule has 0 aromatic heterocycles. The number of aliphatic hydroxyl groups is 1. The van der Waals surface area contributed by atoms with Crippen LogP contribution in [0.15, 0.2) is 0 Å². The number of aliphatic hydroxyl groups excluding tert-OH is 1. The first kappa shape index (κ1) is 15.9. The second kappa shape index (κ2) is 7.43. The Balaban J connectivity index is 2.77. The van der Waals surface area contributed by atoms with Gasteiger partial charge in [-0.05, 0) is 32.6 Å². The fourth-order valence-corrected chi connectivity index (χ4v) is 3.99. The quantitative estimate of drug-likeness (QED) is 0.768. The molecule has 0 bridgehead atoms. The Bertz CT molecular complexity index is 330. The van der Waals surface area contributed by atoms with Crippen molar-refractivity contribution in [2.45, 2.75) is 64.5 Å². The Morgan fingerprint density at radius 2 is 2.11 bits per heavy atom. The average molecular weight is 278 g/mol. The summed E-state index contributed by atoms with van der Waals surface area (Å²) in [6.45, 7) is 4.70. The number of hydrogen-bond donors (Lipinski definition) is 2. The van der Waals surface area contributed by atoms with Crippen LogP contribution in [-0.2, 0) is 10.2 Å². The van der Waals surface area contributed by atoms with E-state index in [1.807, 2.05) is 6.92 Å². The van der Waals surface area contributed by atoms with Gasteiger partial charge in [-0.25, -0.2) is 4.72 Å². The maximum atomic E-state index is 12.2. The van der Waals surface area contributed by atoms with Gasteiger partial charge >= 0.3 is 0 Å². The van der Waals surface area contributed by atoms with Crippen LogP contribution in [-0.4, -0.2) is 43.1 Å². The second-order valence-electron chi connectivity index (χ2n) is 5.10. The van der Waals surface area contributed by atoms with Gasteiger partial charge in [-0.1, -0.05) is 19.8 Å². The molecule has 0 aliphatic carbocycles. The third-order valence-electron chi connectivity index (χ3n) is 3.28. The molecule has 2 N–H and O–H groups in total. The highest BCUT2D eigenvalue weighted by Gasteiger charge is 2.31. The molecule has 1 aliphatic rings. The standard InChI is InChI=1S/C12H26N2O3S/c1-3-8-13-18(16,17)14-9-6-4-5-7-12(14)10-11(2)15/h11-13,15H,3-10H2,1-2H3. The van der Waals surface area contributed by atoms with E-state index in [0.717, 1.165) is 32.1 Å². The van der Waals surface area contributed by atoms with Crippen LogP contribution >= 0.6 is 0 Å². The molecular weight excluding hydrogens is 252 g/mol. The molecule has 1 heterocycles. The zero-order chi connectivity index (χ0) is 13.6. The van der Waals surface area contributed by atoms with Gasteiger partial charge in [-0.2, -0.15) is 12.7 Å². The molecule has 1 saturated heterocycles. The highest BCUT2D eigenvalue weighted by molar-refractivity contribution is 7.87. The maximum absolute atomic E-state index is 12.2. The predicted octanol–water partition coefficient (Wildman–Crippen LogP) is 1.25.